The van der Waals surface area contributed by atoms with Gasteiger partial charge in [-0.05, 0) is 65.9 Å². The fraction of sp³-hybridized carbons (Fsp3) is 0.281. The number of hydrogen-bond acceptors (Lipinski definition) is 7. The van der Waals surface area contributed by atoms with E-state index in [9.17, 15) is 19.5 Å². The van der Waals surface area contributed by atoms with E-state index in [-0.39, 0.29) is 28.9 Å². The Labute approximate surface area is 233 Å². The van der Waals surface area contributed by atoms with Gasteiger partial charge in [0.2, 0.25) is 0 Å². The predicted octanol–water partition coefficient (Wildman–Crippen LogP) is 5.80. The van der Waals surface area contributed by atoms with Gasteiger partial charge in [0.05, 0.1) is 43.6 Å². The van der Waals surface area contributed by atoms with E-state index in [1.165, 1.54) is 25.2 Å². The Hall–Kier alpha value is -4.59. The lowest BCUT2D eigenvalue weighted by Crippen LogP contribution is -2.29. The molecule has 40 heavy (non-hydrogen) atoms. The van der Waals surface area contributed by atoms with Crippen LogP contribution < -0.4 is 14.4 Å². The summed E-state index contributed by atoms with van der Waals surface area (Å²) >= 11 is 0. The van der Waals surface area contributed by atoms with Gasteiger partial charge in [0, 0.05) is 5.69 Å². The smallest absolute Gasteiger partial charge is 0.338 e. The zero-order valence-corrected chi connectivity index (χ0v) is 23.5. The third-order valence-electron chi connectivity index (χ3n) is 6.83. The van der Waals surface area contributed by atoms with Gasteiger partial charge in [0.1, 0.15) is 17.3 Å². The summed E-state index contributed by atoms with van der Waals surface area (Å²) in [5.41, 5.74) is 1.96. The van der Waals surface area contributed by atoms with Gasteiger partial charge in [-0.25, -0.2) is 4.79 Å². The van der Waals surface area contributed by atoms with Crippen LogP contribution in [-0.2, 0) is 19.7 Å². The Balaban J connectivity index is 1.97. The molecule has 1 fully saturated rings. The molecule has 208 valence electrons. The number of carbonyl (C=O) groups is 3. The van der Waals surface area contributed by atoms with E-state index in [2.05, 4.69) is 0 Å². The minimum atomic E-state index is -0.994. The minimum absolute atomic E-state index is 0.0962. The first-order chi connectivity index (χ1) is 19.0. The standard InChI is InChI=1S/C32H33NO7/c1-7-40-31(37)20-9-8-10-22(17-20)33-27(19-11-14-23(38-5)15-12-19)26(29(35)30(33)36)28(34)24-18-21(32(2,3)4)13-16-25(24)39-6/h8-18,27,34H,7H2,1-6H3/b28-26+. The normalized spacial score (nSPS) is 16.6. The molecule has 1 amide bonds. The Morgan fingerprint density at radius 1 is 0.950 bits per heavy atom. The van der Waals surface area contributed by atoms with Gasteiger partial charge in [0.15, 0.2) is 0 Å². The molecule has 1 saturated heterocycles. The number of hydrogen-bond donors (Lipinski definition) is 1. The molecule has 1 heterocycles. The summed E-state index contributed by atoms with van der Waals surface area (Å²) in [6, 6.07) is 17.6. The second kappa shape index (κ2) is 11.3. The Kier molecular flexibility index (Phi) is 8.00. The number of carbonyl (C=O) groups excluding carboxylic acids is 3. The molecule has 3 aromatic carbocycles. The van der Waals surface area contributed by atoms with E-state index in [0.29, 0.717) is 28.3 Å². The molecule has 0 saturated carbocycles. The molecular formula is C32H33NO7. The number of Topliss-reactive ketones (excluding diaryl/α,β-unsaturated/α-hetero) is 1. The van der Waals surface area contributed by atoms with Crippen LogP contribution in [0.5, 0.6) is 11.5 Å². The zero-order valence-electron chi connectivity index (χ0n) is 23.5. The highest BCUT2D eigenvalue weighted by molar-refractivity contribution is 6.51. The molecule has 0 spiro atoms. The van der Waals surface area contributed by atoms with Crippen LogP contribution in [0.4, 0.5) is 5.69 Å². The molecule has 1 aliphatic rings. The van der Waals surface area contributed by atoms with Crippen molar-refractivity contribution in [3.05, 3.63) is 94.6 Å². The number of benzene rings is 3. The summed E-state index contributed by atoms with van der Waals surface area (Å²) < 4.78 is 15.9. The first-order valence-corrected chi connectivity index (χ1v) is 12.9. The van der Waals surface area contributed by atoms with Crippen LogP contribution in [0.15, 0.2) is 72.3 Å². The molecule has 0 aromatic heterocycles. The summed E-state index contributed by atoms with van der Waals surface area (Å²) in [5, 5.41) is 11.7. The molecule has 8 heteroatoms. The molecule has 1 aliphatic heterocycles. The molecule has 8 nitrogen and oxygen atoms in total. The molecule has 1 N–H and O–H groups in total. The lowest BCUT2D eigenvalue weighted by atomic mass is 9.85. The SMILES string of the molecule is CCOC(=O)c1cccc(N2C(=O)C(=O)/C(=C(/O)c3cc(C(C)(C)C)ccc3OC)C2c2ccc(OC)cc2)c1. The molecular weight excluding hydrogens is 510 g/mol. The Bertz CT molecular complexity index is 1480. The van der Waals surface area contributed by atoms with E-state index in [4.69, 9.17) is 14.2 Å². The molecule has 4 rings (SSSR count). The number of rotatable bonds is 7. The van der Waals surface area contributed by atoms with E-state index in [0.717, 1.165) is 5.56 Å². The van der Waals surface area contributed by atoms with Gasteiger partial charge < -0.3 is 19.3 Å². The predicted molar refractivity (Wildman–Crippen MR) is 152 cm³/mol. The van der Waals surface area contributed by atoms with Gasteiger partial charge >= 0.3 is 5.97 Å². The van der Waals surface area contributed by atoms with Crippen molar-refractivity contribution in [2.24, 2.45) is 0 Å². The number of ketones is 1. The number of esters is 1. The molecule has 0 bridgehead atoms. The number of aliphatic hydroxyl groups is 1. The number of aliphatic hydroxyl groups excluding tert-OH is 1. The number of anilines is 1. The largest absolute Gasteiger partial charge is 0.507 e. The maximum Gasteiger partial charge on any atom is 0.338 e. The summed E-state index contributed by atoms with van der Waals surface area (Å²) in [4.78, 5) is 41.0. The van der Waals surface area contributed by atoms with Crippen molar-refractivity contribution >= 4 is 29.1 Å². The average molecular weight is 544 g/mol. The van der Waals surface area contributed by atoms with Gasteiger partial charge in [0.25, 0.3) is 11.7 Å². The number of nitrogens with zero attached hydrogens (tertiary/aromatic N) is 1. The van der Waals surface area contributed by atoms with Crippen LogP contribution >= 0.6 is 0 Å². The third kappa shape index (κ3) is 5.30. The number of methoxy groups -OCH3 is 2. The van der Waals surface area contributed by atoms with Crippen molar-refractivity contribution in [1.29, 1.82) is 0 Å². The molecule has 0 aliphatic carbocycles. The zero-order chi connectivity index (χ0) is 29.2. The highest BCUT2D eigenvalue weighted by Gasteiger charge is 2.47. The monoisotopic (exact) mass is 543 g/mol. The third-order valence-corrected chi connectivity index (χ3v) is 6.83. The highest BCUT2D eigenvalue weighted by Crippen LogP contribution is 2.44. The van der Waals surface area contributed by atoms with Crippen LogP contribution in [0.25, 0.3) is 5.76 Å². The molecule has 1 unspecified atom stereocenters. The molecule has 0 radical (unpaired) electrons. The van der Waals surface area contributed by atoms with E-state index < -0.39 is 23.7 Å². The lowest BCUT2D eigenvalue weighted by molar-refractivity contribution is -0.132. The van der Waals surface area contributed by atoms with Crippen molar-refractivity contribution < 1.29 is 33.7 Å². The van der Waals surface area contributed by atoms with Crippen molar-refractivity contribution in [3.63, 3.8) is 0 Å². The van der Waals surface area contributed by atoms with Crippen LogP contribution in [0.1, 0.15) is 60.8 Å². The van der Waals surface area contributed by atoms with E-state index >= 15 is 0 Å². The fourth-order valence-electron chi connectivity index (χ4n) is 4.70. The van der Waals surface area contributed by atoms with Crippen LogP contribution in [-0.4, -0.2) is 43.6 Å². The van der Waals surface area contributed by atoms with E-state index in [1.807, 2.05) is 26.8 Å². The van der Waals surface area contributed by atoms with Crippen LogP contribution in [0.2, 0.25) is 0 Å². The number of amides is 1. The first kappa shape index (κ1) is 28.4. The summed E-state index contributed by atoms with van der Waals surface area (Å²) in [5.74, 6) is -1.66. The highest BCUT2D eigenvalue weighted by atomic mass is 16.5. The summed E-state index contributed by atoms with van der Waals surface area (Å²) in [6.45, 7) is 7.99. The van der Waals surface area contributed by atoms with Gasteiger partial charge in [-0.15, -0.1) is 0 Å². The minimum Gasteiger partial charge on any atom is -0.507 e. The average Bonchev–Trinajstić information content (AvgIpc) is 3.22. The van der Waals surface area contributed by atoms with Crippen molar-refractivity contribution in [3.8, 4) is 11.5 Å². The van der Waals surface area contributed by atoms with Crippen LogP contribution in [0.3, 0.4) is 0 Å². The lowest BCUT2D eigenvalue weighted by Gasteiger charge is -2.26. The number of ether oxygens (including phenoxy) is 3. The fourth-order valence-corrected chi connectivity index (χ4v) is 4.70. The Morgan fingerprint density at radius 3 is 2.25 bits per heavy atom. The maximum atomic E-state index is 13.6. The first-order valence-electron chi connectivity index (χ1n) is 12.9. The topological polar surface area (TPSA) is 102 Å². The quantitative estimate of drug-likeness (QED) is 0.174. The second-order valence-corrected chi connectivity index (χ2v) is 10.4. The van der Waals surface area contributed by atoms with Gasteiger partial charge in [-0.2, -0.15) is 0 Å². The van der Waals surface area contributed by atoms with Crippen LogP contribution in [0, 0.1) is 0 Å². The Morgan fingerprint density at radius 2 is 1.65 bits per heavy atom. The van der Waals surface area contributed by atoms with E-state index in [1.54, 1.807) is 61.5 Å². The maximum absolute atomic E-state index is 13.6. The van der Waals surface area contributed by atoms with Crippen molar-refractivity contribution in [2.45, 2.75) is 39.2 Å². The van der Waals surface area contributed by atoms with Gasteiger partial charge in [-0.3, -0.25) is 14.5 Å². The molecule has 3 aromatic rings. The second-order valence-electron chi connectivity index (χ2n) is 10.4. The summed E-state index contributed by atoms with van der Waals surface area (Å²) in [7, 11) is 3.01. The molecule has 1 atom stereocenters. The van der Waals surface area contributed by atoms with Gasteiger partial charge in [-0.1, -0.05) is 45.0 Å². The van der Waals surface area contributed by atoms with Crippen molar-refractivity contribution in [2.75, 3.05) is 25.7 Å². The summed E-state index contributed by atoms with van der Waals surface area (Å²) in [6.07, 6.45) is 0. The van der Waals surface area contributed by atoms with Crippen molar-refractivity contribution in [1.82, 2.24) is 0 Å².